The fourth-order valence-electron chi connectivity index (χ4n) is 3.67. The summed E-state index contributed by atoms with van der Waals surface area (Å²) in [7, 11) is 0. The van der Waals surface area contributed by atoms with Gasteiger partial charge in [0.1, 0.15) is 5.52 Å². The molecule has 0 unspecified atom stereocenters. The van der Waals surface area contributed by atoms with Crippen molar-refractivity contribution < 1.29 is 4.79 Å². The molecule has 0 bridgehead atoms. The van der Waals surface area contributed by atoms with Gasteiger partial charge >= 0.3 is 0 Å². The minimum Gasteiger partial charge on any atom is -0.348 e. The van der Waals surface area contributed by atoms with E-state index in [2.05, 4.69) is 20.6 Å². The van der Waals surface area contributed by atoms with Crippen LogP contribution in [0.1, 0.15) is 22.3 Å². The topological polar surface area (TPSA) is 72.7 Å². The summed E-state index contributed by atoms with van der Waals surface area (Å²) < 4.78 is 1.91. The van der Waals surface area contributed by atoms with Crippen LogP contribution in [-0.4, -0.2) is 25.9 Å². The summed E-state index contributed by atoms with van der Waals surface area (Å²) in [5, 5.41) is 11.6. The van der Waals surface area contributed by atoms with Crippen molar-refractivity contribution in [2.75, 3.05) is 0 Å². The van der Waals surface area contributed by atoms with E-state index < -0.39 is 0 Å². The first-order chi connectivity index (χ1) is 14.3. The normalized spacial score (nSPS) is 14.8. The van der Waals surface area contributed by atoms with Gasteiger partial charge in [0.15, 0.2) is 0 Å². The summed E-state index contributed by atoms with van der Waals surface area (Å²) in [4.78, 5) is 16.5. The van der Waals surface area contributed by atoms with Crippen molar-refractivity contribution in [2.45, 2.75) is 19.5 Å². The monoisotopic (exact) mass is 381 g/mol. The third-order valence-electron chi connectivity index (χ3n) is 5.20. The Morgan fingerprint density at radius 1 is 1.07 bits per heavy atom. The summed E-state index contributed by atoms with van der Waals surface area (Å²) in [6.07, 6.45) is 6.38. The number of aryl methyl sites for hydroxylation is 2. The molecule has 0 saturated carbocycles. The first kappa shape index (κ1) is 17.3. The van der Waals surface area contributed by atoms with Crippen molar-refractivity contribution in [3.63, 3.8) is 0 Å². The molecule has 0 saturated heterocycles. The van der Waals surface area contributed by atoms with Crippen molar-refractivity contribution >= 4 is 28.6 Å². The average Bonchev–Trinajstić information content (AvgIpc) is 3.17. The highest BCUT2D eigenvalue weighted by molar-refractivity contribution is 6.25. The quantitative estimate of drug-likeness (QED) is 0.551. The van der Waals surface area contributed by atoms with E-state index in [4.69, 9.17) is 0 Å². The lowest BCUT2D eigenvalue weighted by atomic mass is 9.94. The Hall–Kier alpha value is -3.80. The molecular formula is C23H19N5O. The third-order valence-corrected chi connectivity index (χ3v) is 5.20. The molecule has 1 aliphatic rings. The van der Waals surface area contributed by atoms with Gasteiger partial charge in [0.05, 0.1) is 5.52 Å². The highest BCUT2D eigenvalue weighted by Gasteiger charge is 2.20. The van der Waals surface area contributed by atoms with Crippen LogP contribution in [0, 0.1) is 0 Å². The van der Waals surface area contributed by atoms with Crippen LogP contribution in [0.2, 0.25) is 0 Å². The lowest BCUT2D eigenvalue weighted by Gasteiger charge is -2.19. The number of hydrogen-bond acceptors (Lipinski definition) is 4. The minimum absolute atomic E-state index is 0.0511. The number of fused-ring (bicyclic) bond motifs is 2. The third kappa shape index (κ3) is 3.40. The van der Waals surface area contributed by atoms with Crippen LogP contribution in [0.25, 0.3) is 22.7 Å². The second-order valence-electron chi connectivity index (χ2n) is 7.06. The standard InChI is InChI=1S/C23H19N5O/c29-23-20(19-4-2-1-3-18(19)15-25-23)13-17-5-6-22-21(14-17)26-27-28(22)12-9-16-7-10-24-11-8-16/h1-8,10-11,13-14H,9,12,15H2,(H,25,29)/b20-13+. The maximum Gasteiger partial charge on any atom is 0.252 e. The smallest absolute Gasteiger partial charge is 0.252 e. The Morgan fingerprint density at radius 2 is 1.93 bits per heavy atom. The summed E-state index contributed by atoms with van der Waals surface area (Å²) in [5.41, 5.74) is 6.73. The number of rotatable bonds is 4. The Labute approximate surface area is 167 Å². The van der Waals surface area contributed by atoms with Crippen LogP contribution in [0.5, 0.6) is 0 Å². The molecule has 2 aromatic heterocycles. The minimum atomic E-state index is -0.0511. The number of amides is 1. The maximum atomic E-state index is 12.4. The van der Waals surface area contributed by atoms with Gasteiger partial charge in [0.25, 0.3) is 5.91 Å². The largest absolute Gasteiger partial charge is 0.348 e. The number of benzene rings is 2. The van der Waals surface area contributed by atoms with E-state index in [0.717, 1.165) is 40.7 Å². The summed E-state index contributed by atoms with van der Waals surface area (Å²) >= 11 is 0. The second-order valence-corrected chi connectivity index (χ2v) is 7.06. The van der Waals surface area contributed by atoms with Gasteiger partial charge in [-0.25, -0.2) is 4.68 Å². The molecule has 1 N–H and O–H groups in total. The SMILES string of the molecule is O=C1NCc2ccccc2/C1=C\c1ccc2c(c1)nnn2CCc1ccncc1. The van der Waals surface area contributed by atoms with Crippen molar-refractivity contribution in [2.24, 2.45) is 0 Å². The fourth-order valence-corrected chi connectivity index (χ4v) is 3.67. The molecule has 1 amide bonds. The number of hydrogen-bond donors (Lipinski definition) is 1. The van der Waals surface area contributed by atoms with Crippen molar-refractivity contribution in [3.8, 4) is 0 Å². The number of carbonyl (C=O) groups is 1. The first-order valence-corrected chi connectivity index (χ1v) is 9.58. The highest BCUT2D eigenvalue weighted by atomic mass is 16.1. The number of aromatic nitrogens is 4. The molecule has 5 rings (SSSR count). The Balaban J connectivity index is 1.44. The molecule has 29 heavy (non-hydrogen) atoms. The number of nitrogens with one attached hydrogen (secondary N) is 1. The van der Waals surface area contributed by atoms with E-state index in [-0.39, 0.29) is 5.91 Å². The molecule has 0 radical (unpaired) electrons. The van der Waals surface area contributed by atoms with Crippen LogP contribution < -0.4 is 5.32 Å². The van der Waals surface area contributed by atoms with Gasteiger partial charge in [-0.05, 0) is 59.0 Å². The first-order valence-electron chi connectivity index (χ1n) is 9.58. The van der Waals surface area contributed by atoms with Gasteiger partial charge < -0.3 is 5.32 Å². The van der Waals surface area contributed by atoms with E-state index in [1.165, 1.54) is 5.56 Å². The molecule has 0 spiro atoms. The molecule has 4 aromatic rings. The summed E-state index contributed by atoms with van der Waals surface area (Å²) in [6.45, 7) is 1.31. The highest BCUT2D eigenvalue weighted by Crippen LogP contribution is 2.26. The molecule has 3 heterocycles. The lowest BCUT2D eigenvalue weighted by molar-refractivity contribution is -0.115. The zero-order valence-electron chi connectivity index (χ0n) is 15.7. The van der Waals surface area contributed by atoms with Crippen LogP contribution >= 0.6 is 0 Å². The zero-order chi connectivity index (χ0) is 19.6. The van der Waals surface area contributed by atoms with Gasteiger partial charge in [-0.2, -0.15) is 0 Å². The number of pyridine rings is 1. The predicted octanol–water partition coefficient (Wildman–Crippen LogP) is 3.24. The summed E-state index contributed by atoms with van der Waals surface area (Å²) in [6, 6.07) is 18.0. The fraction of sp³-hybridized carbons (Fsp3) is 0.130. The number of carbonyl (C=O) groups excluding carboxylic acids is 1. The summed E-state index contributed by atoms with van der Waals surface area (Å²) in [5.74, 6) is -0.0511. The molecule has 0 fully saturated rings. The Morgan fingerprint density at radius 3 is 2.83 bits per heavy atom. The van der Waals surface area contributed by atoms with Gasteiger partial charge in [-0.3, -0.25) is 9.78 Å². The molecule has 2 aromatic carbocycles. The van der Waals surface area contributed by atoms with Gasteiger partial charge in [-0.15, -0.1) is 5.10 Å². The van der Waals surface area contributed by atoms with Gasteiger partial charge in [0.2, 0.25) is 0 Å². The van der Waals surface area contributed by atoms with Gasteiger partial charge in [0, 0.05) is 31.1 Å². The maximum absolute atomic E-state index is 12.4. The second kappa shape index (κ2) is 7.31. The van der Waals surface area contributed by atoms with Gasteiger partial charge in [-0.1, -0.05) is 35.5 Å². The van der Waals surface area contributed by atoms with E-state index >= 15 is 0 Å². The lowest BCUT2D eigenvalue weighted by Crippen LogP contribution is -2.29. The van der Waals surface area contributed by atoms with Crippen LogP contribution in [0.15, 0.2) is 67.0 Å². The molecule has 6 nitrogen and oxygen atoms in total. The zero-order valence-corrected chi connectivity index (χ0v) is 15.7. The Kier molecular flexibility index (Phi) is 4.37. The molecule has 142 valence electrons. The number of nitrogens with zero attached hydrogens (tertiary/aromatic N) is 4. The molecular weight excluding hydrogens is 362 g/mol. The molecule has 0 atom stereocenters. The Bertz CT molecular complexity index is 1230. The van der Waals surface area contributed by atoms with E-state index in [1.54, 1.807) is 12.4 Å². The average molecular weight is 381 g/mol. The van der Waals surface area contributed by atoms with E-state index in [1.807, 2.05) is 65.4 Å². The van der Waals surface area contributed by atoms with Crippen LogP contribution in [0.4, 0.5) is 0 Å². The van der Waals surface area contributed by atoms with Crippen molar-refractivity contribution in [1.82, 2.24) is 25.3 Å². The van der Waals surface area contributed by atoms with Crippen LogP contribution in [-0.2, 0) is 24.3 Å². The van der Waals surface area contributed by atoms with E-state index in [0.29, 0.717) is 12.1 Å². The van der Waals surface area contributed by atoms with Crippen LogP contribution in [0.3, 0.4) is 0 Å². The molecule has 0 aliphatic carbocycles. The van der Waals surface area contributed by atoms with Crippen molar-refractivity contribution in [1.29, 1.82) is 0 Å². The predicted molar refractivity (Wildman–Crippen MR) is 112 cm³/mol. The van der Waals surface area contributed by atoms with E-state index in [9.17, 15) is 4.79 Å². The molecule has 6 heteroatoms. The molecule has 1 aliphatic heterocycles. The van der Waals surface area contributed by atoms with Crippen molar-refractivity contribution in [3.05, 3.63) is 89.2 Å².